The van der Waals surface area contributed by atoms with Crippen molar-refractivity contribution in [3.63, 3.8) is 0 Å². The van der Waals surface area contributed by atoms with E-state index in [-0.39, 0.29) is 0 Å². The molecule has 0 fully saturated rings. The molecular formula is C21H63FeO9Si9. The molecule has 0 aromatic rings. The van der Waals surface area contributed by atoms with E-state index < -0.39 is 91.2 Å². The zero-order valence-electron chi connectivity index (χ0n) is 29.5. The van der Waals surface area contributed by atoms with E-state index in [2.05, 4.69) is 118 Å². The molecule has 0 saturated heterocycles. The standard InChI is InChI=1S/3C7H21O3Si3.Fe/c3*1-11(2,3)9-13(7,8)10-12(4,5)6;/h3*1-7H3;/q3*-1;+3. The van der Waals surface area contributed by atoms with Gasteiger partial charge in [0.15, 0.2) is 0 Å². The Morgan fingerprint density at radius 3 is 0.475 bits per heavy atom. The molecule has 0 aliphatic carbocycles. The second-order valence-corrected chi connectivity index (χ2v) is 54.7. The third-order valence-corrected chi connectivity index (χ3v) is 33.6. The van der Waals surface area contributed by atoms with Crippen LogP contribution in [0.25, 0.3) is 0 Å². The van der Waals surface area contributed by atoms with Crippen LogP contribution >= 0.6 is 0 Å². The Labute approximate surface area is 262 Å². The average molecular weight is 768 g/mol. The first-order valence-electron chi connectivity index (χ1n) is 14.0. The fourth-order valence-electron chi connectivity index (χ4n) is 3.85. The van der Waals surface area contributed by atoms with Gasteiger partial charge < -0.3 is 0 Å². The molecule has 0 aliphatic rings. The number of hydrogen-bond acceptors (Lipinski definition) is 9. The van der Waals surface area contributed by atoms with Gasteiger partial charge in [0.1, 0.15) is 0 Å². The molecule has 19 heteroatoms. The van der Waals surface area contributed by atoms with E-state index in [0.29, 0.717) is 0 Å². The summed E-state index contributed by atoms with van der Waals surface area (Å²) >= 11 is -2.32. The maximum atomic E-state index is 6.85. The predicted molar refractivity (Wildman–Crippen MR) is 185 cm³/mol. The van der Waals surface area contributed by atoms with E-state index in [0.717, 1.165) is 0 Å². The van der Waals surface area contributed by atoms with Crippen LogP contribution in [0.2, 0.25) is 137 Å². The summed E-state index contributed by atoms with van der Waals surface area (Å²) in [7, 11) is -22.1. The summed E-state index contributed by atoms with van der Waals surface area (Å²) in [5.74, 6) is 0. The van der Waals surface area contributed by atoms with Gasteiger partial charge in [-0.05, 0) is 0 Å². The van der Waals surface area contributed by atoms with Crippen molar-refractivity contribution in [1.82, 2.24) is 0 Å². The van der Waals surface area contributed by atoms with Gasteiger partial charge in [-0.15, -0.1) is 0 Å². The van der Waals surface area contributed by atoms with Crippen molar-refractivity contribution in [2.75, 3.05) is 0 Å². The molecule has 0 rings (SSSR count). The van der Waals surface area contributed by atoms with Crippen LogP contribution in [0.4, 0.5) is 0 Å². The van der Waals surface area contributed by atoms with E-state index in [1.54, 1.807) is 0 Å². The van der Waals surface area contributed by atoms with Gasteiger partial charge in [0.2, 0.25) is 0 Å². The van der Waals surface area contributed by atoms with Crippen molar-refractivity contribution >= 4 is 76.3 Å². The summed E-state index contributed by atoms with van der Waals surface area (Å²) in [6.07, 6.45) is 0. The topological polar surface area (TPSA) is 83.1 Å². The zero-order chi connectivity index (χ0) is 32.4. The summed E-state index contributed by atoms with van der Waals surface area (Å²) in [6.45, 7) is 44.5. The average Bonchev–Trinajstić information content (AvgIpc) is 2.39. The number of rotatable bonds is 18. The van der Waals surface area contributed by atoms with Crippen molar-refractivity contribution in [3.05, 3.63) is 0 Å². The predicted octanol–water partition coefficient (Wildman–Crippen LogP) is 8.21. The second kappa shape index (κ2) is 14.3. The molecule has 0 saturated carbocycles. The molecule has 0 atom stereocenters. The molecule has 0 amide bonds. The van der Waals surface area contributed by atoms with Gasteiger partial charge in [-0.25, -0.2) is 0 Å². The molecule has 0 radical (unpaired) electrons. The summed E-state index contributed by atoms with van der Waals surface area (Å²) in [4.78, 5) is 0. The third kappa shape index (κ3) is 21.8. The molecule has 245 valence electrons. The normalized spacial score (nSPS) is 16.0. The third-order valence-electron chi connectivity index (χ3n) is 3.52. The van der Waals surface area contributed by atoms with Gasteiger partial charge >= 0.3 is 264 Å². The minimum atomic E-state index is -3.24. The Kier molecular flexibility index (Phi) is 15.0. The first-order valence-corrected chi connectivity index (χ1v) is 42.5. The zero-order valence-corrected chi connectivity index (χ0v) is 39.6. The van der Waals surface area contributed by atoms with Gasteiger partial charge in [0.25, 0.3) is 0 Å². The maximum absolute atomic E-state index is 6.85. The Morgan fingerprint density at radius 1 is 0.250 bits per heavy atom. The summed E-state index contributed by atoms with van der Waals surface area (Å²) in [5, 5.41) is 0. The van der Waals surface area contributed by atoms with Crippen molar-refractivity contribution in [2.45, 2.75) is 137 Å². The van der Waals surface area contributed by atoms with Crippen LogP contribution < -0.4 is 0 Å². The van der Waals surface area contributed by atoms with Gasteiger partial charge in [-0.1, -0.05) is 0 Å². The molecule has 0 aromatic heterocycles. The van der Waals surface area contributed by atoms with Crippen LogP contribution in [0, 0.1) is 0 Å². The molecule has 0 unspecified atom stereocenters. The molecule has 0 bridgehead atoms. The number of hydrogen-bond donors (Lipinski definition) is 0. The molecule has 9 nitrogen and oxygen atoms in total. The Bertz CT molecular complexity index is 646. The van der Waals surface area contributed by atoms with Crippen LogP contribution in [0.3, 0.4) is 0 Å². The van der Waals surface area contributed by atoms with Gasteiger partial charge in [-0.2, -0.15) is 0 Å². The molecule has 0 aliphatic heterocycles. The monoisotopic (exact) mass is 767 g/mol. The van der Waals surface area contributed by atoms with Crippen LogP contribution in [-0.2, 0) is 50.1 Å². The van der Waals surface area contributed by atoms with E-state index in [9.17, 15) is 0 Å². The second-order valence-electron chi connectivity index (χ2n) is 16.3. The van der Waals surface area contributed by atoms with Gasteiger partial charge in [-0.3, -0.25) is 0 Å². The van der Waals surface area contributed by atoms with Crippen LogP contribution in [0.5, 0.6) is 0 Å². The minimum absolute atomic E-state index is 1.96. The summed E-state index contributed by atoms with van der Waals surface area (Å²) in [5.41, 5.74) is 0. The van der Waals surface area contributed by atoms with Crippen molar-refractivity contribution in [2.24, 2.45) is 0 Å². The molecule has 0 heterocycles. The van der Waals surface area contributed by atoms with Crippen LogP contribution in [0.1, 0.15) is 0 Å². The van der Waals surface area contributed by atoms with Gasteiger partial charge in [0.05, 0.1) is 0 Å². The molecule has 0 spiro atoms. The first-order chi connectivity index (χ1) is 17.0. The van der Waals surface area contributed by atoms with Gasteiger partial charge in [0, 0.05) is 0 Å². The molecule has 40 heavy (non-hydrogen) atoms. The van der Waals surface area contributed by atoms with Crippen molar-refractivity contribution in [1.29, 1.82) is 0 Å². The van der Waals surface area contributed by atoms with Crippen molar-refractivity contribution < 1.29 is 50.1 Å². The summed E-state index contributed by atoms with van der Waals surface area (Å²) < 4.78 is 60.7. The fraction of sp³-hybridized carbons (Fsp3) is 1.00. The fourth-order valence-corrected chi connectivity index (χ4v) is 40.6. The van der Waals surface area contributed by atoms with E-state index >= 15 is 0 Å². The summed E-state index contributed by atoms with van der Waals surface area (Å²) in [6, 6.07) is 0. The van der Waals surface area contributed by atoms with E-state index in [1.807, 2.05) is 19.6 Å². The van der Waals surface area contributed by atoms with Crippen molar-refractivity contribution in [3.8, 4) is 0 Å². The molecule has 0 aromatic carbocycles. The van der Waals surface area contributed by atoms with Crippen LogP contribution in [-0.4, -0.2) is 76.3 Å². The molecular weight excluding hydrogens is 705 g/mol. The van der Waals surface area contributed by atoms with E-state index in [1.165, 1.54) is 0 Å². The Morgan fingerprint density at radius 2 is 0.375 bits per heavy atom. The molecule has 0 N–H and O–H groups in total. The first kappa shape index (κ1) is 42.1. The SMILES string of the molecule is C[Si](C)(C)O[Si](C)([O][Fe]([O][Si](C)(O[Si](C)(C)C)O[Si](C)(C)C)[O][Si](C)(O[Si](C)(C)C)O[Si](C)(C)C)O[Si](C)(C)C. The quantitative estimate of drug-likeness (QED) is 0.128. The van der Waals surface area contributed by atoms with Crippen LogP contribution in [0.15, 0.2) is 0 Å². The Balaban J connectivity index is 6.96. The van der Waals surface area contributed by atoms with E-state index in [4.69, 9.17) is 35.2 Å². The Hall–Kier alpha value is 2.11.